The van der Waals surface area contributed by atoms with E-state index in [2.05, 4.69) is 20.9 Å². The second kappa shape index (κ2) is 12.1. The number of nitrogens with one attached hydrogen (secondary N) is 4. The van der Waals surface area contributed by atoms with Crippen molar-refractivity contribution in [3.63, 3.8) is 0 Å². The minimum Gasteiger partial charge on any atom is -0.480 e. The van der Waals surface area contributed by atoms with E-state index in [9.17, 15) is 29.4 Å². The Morgan fingerprint density at radius 2 is 1.71 bits per heavy atom. The van der Waals surface area contributed by atoms with E-state index in [1.165, 1.54) is 6.92 Å². The molecule has 3 amide bonds. The first kappa shape index (κ1) is 26.8. The van der Waals surface area contributed by atoms with Gasteiger partial charge in [0.05, 0.1) is 12.6 Å². The van der Waals surface area contributed by atoms with Gasteiger partial charge < -0.3 is 36.9 Å². The number of hydrogen-bond acceptors (Lipinski definition) is 6. The van der Waals surface area contributed by atoms with Crippen LogP contribution in [0.4, 0.5) is 0 Å². The third kappa shape index (κ3) is 6.78. The predicted octanol–water partition coefficient (Wildman–Crippen LogP) is -0.365. The summed E-state index contributed by atoms with van der Waals surface area (Å²) in [6.45, 7) is 4.16. The lowest BCUT2D eigenvalue weighted by Gasteiger charge is -2.24. The number of carboxylic acid groups (broad SMARTS) is 1. The molecule has 2 rings (SSSR count). The zero-order valence-corrected chi connectivity index (χ0v) is 19.5. The Bertz CT molecular complexity index is 1020. The molecule has 34 heavy (non-hydrogen) atoms. The van der Waals surface area contributed by atoms with E-state index in [0.29, 0.717) is 6.42 Å². The molecule has 0 spiro atoms. The number of carbonyl (C=O) groups is 4. The van der Waals surface area contributed by atoms with Crippen LogP contribution in [-0.2, 0) is 25.6 Å². The summed E-state index contributed by atoms with van der Waals surface area (Å²) in [5.41, 5.74) is 7.76. The van der Waals surface area contributed by atoms with Gasteiger partial charge in [-0.15, -0.1) is 0 Å². The zero-order valence-electron chi connectivity index (χ0n) is 19.5. The quantitative estimate of drug-likeness (QED) is 0.218. The molecule has 11 heteroatoms. The molecule has 0 radical (unpaired) electrons. The Balaban J connectivity index is 1.94. The predicted molar refractivity (Wildman–Crippen MR) is 126 cm³/mol. The summed E-state index contributed by atoms with van der Waals surface area (Å²) in [5, 5.41) is 27.0. The van der Waals surface area contributed by atoms with Crippen LogP contribution in [-0.4, -0.2) is 69.7 Å². The van der Waals surface area contributed by atoms with Gasteiger partial charge in [0.2, 0.25) is 17.7 Å². The molecule has 5 unspecified atom stereocenters. The summed E-state index contributed by atoms with van der Waals surface area (Å²) < 4.78 is 0. The number of carboxylic acids is 1. The highest BCUT2D eigenvalue weighted by Gasteiger charge is 2.30. The first-order chi connectivity index (χ1) is 16.1. The summed E-state index contributed by atoms with van der Waals surface area (Å²) in [6.07, 6.45) is 2.51. The highest BCUT2D eigenvalue weighted by Crippen LogP contribution is 2.18. The fraction of sp³-hybridized carbons (Fsp3) is 0.478. The number of carbonyl (C=O) groups excluding carboxylic acids is 3. The normalized spacial score (nSPS) is 15.6. The minimum absolute atomic E-state index is 0.209. The Labute approximate surface area is 197 Å². The standard InChI is InChI=1S/C23H33N5O6/c1-4-12(2)19(23(33)34)28-20(30)13(3)26-22(32)18(11-29)27-21(31)16(24)9-14-10-25-17-8-6-5-7-15(14)17/h5-8,10,12-13,16,18-19,25,29H,4,9,11,24H2,1-3H3,(H,26,32)(H,27,31)(H,28,30)(H,33,34). The first-order valence-corrected chi connectivity index (χ1v) is 11.1. The number of aromatic amines is 1. The molecule has 1 aromatic carbocycles. The molecule has 5 atom stereocenters. The van der Waals surface area contributed by atoms with Crippen molar-refractivity contribution in [1.82, 2.24) is 20.9 Å². The van der Waals surface area contributed by atoms with E-state index in [-0.39, 0.29) is 12.3 Å². The lowest BCUT2D eigenvalue weighted by atomic mass is 9.99. The van der Waals surface area contributed by atoms with Crippen molar-refractivity contribution in [1.29, 1.82) is 0 Å². The number of aliphatic carboxylic acids is 1. The topological polar surface area (TPSA) is 187 Å². The van der Waals surface area contributed by atoms with Gasteiger partial charge >= 0.3 is 5.97 Å². The van der Waals surface area contributed by atoms with E-state index in [1.807, 2.05) is 24.3 Å². The van der Waals surface area contributed by atoms with E-state index < -0.39 is 54.5 Å². The van der Waals surface area contributed by atoms with Crippen LogP contribution >= 0.6 is 0 Å². The molecule has 0 aliphatic heterocycles. The lowest BCUT2D eigenvalue weighted by Crippen LogP contribution is -2.58. The van der Waals surface area contributed by atoms with Gasteiger partial charge in [0.15, 0.2) is 0 Å². The smallest absolute Gasteiger partial charge is 0.326 e. The SMILES string of the molecule is CCC(C)C(NC(=O)C(C)NC(=O)C(CO)NC(=O)C(N)Cc1c[nH]c2ccccc12)C(=O)O. The van der Waals surface area contributed by atoms with Crippen molar-refractivity contribution >= 4 is 34.6 Å². The molecule has 0 aliphatic carbocycles. The molecule has 2 aromatic rings. The molecule has 0 bridgehead atoms. The number of para-hydroxylation sites is 1. The Hall–Kier alpha value is -3.44. The third-order valence-corrected chi connectivity index (χ3v) is 5.80. The van der Waals surface area contributed by atoms with Gasteiger partial charge in [0.25, 0.3) is 0 Å². The number of amides is 3. The number of rotatable bonds is 12. The van der Waals surface area contributed by atoms with Crippen LogP contribution in [0, 0.1) is 5.92 Å². The van der Waals surface area contributed by atoms with Gasteiger partial charge in [-0.05, 0) is 30.9 Å². The molecule has 8 N–H and O–H groups in total. The van der Waals surface area contributed by atoms with E-state index >= 15 is 0 Å². The van der Waals surface area contributed by atoms with Gasteiger partial charge in [-0.3, -0.25) is 14.4 Å². The zero-order chi connectivity index (χ0) is 25.4. The average Bonchev–Trinajstić information content (AvgIpc) is 3.22. The highest BCUT2D eigenvalue weighted by molar-refractivity contribution is 5.94. The molecular formula is C23H33N5O6. The number of hydrogen-bond donors (Lipinski definition) is 7. The summed E-state index contributed by atoms with van der Waals surface area (Å²) in [4.78, 5) is 52.0. The number of nitrogens with two attached hydrogens (primary N) is 1. The van der Waals surface area contributed by atoms with Gasteiger partial charge in [-0.25, -0.2) is 4.79 Å². The molecule has 0 saturated carbocycles. The molecule has 0 saturated heterocycles. The van der Waals surface area contributed by atoms with Crippen LogP contribution in [0.3, 0.4) is 0 Å². The molecule has 11 nitrogen and oxygen atoms in total. The van der Waals surface area contributed by atoms with Gasteiger partial charge in [-0.2, -0.15) is 0 Å². The van der Waals surface area contributed by atoms with Gasteiger partial charge in [-0.1, -0.05) is 38.5 Å². The largest absolute Gasteiger partial charge is 0.480 e. The number of aromatic nitrogens is 1. The Kier molecular flexibility index (Phi) is 9.58. The van der Waals surface area contributed by atoms with Crippen LogP contribution in [0.25, 0.3) is 10.9 Å². The maximum Gasteiger partial charge on any atom is 0.326 e. The second-order valence-electron chi connectivity index (χ2n) is 8.35. The fourth-order valence-electron chi connectivity index (χ4n) is 3.44. The van der Waals surface area contributed by atoms with Crippen LogP contribution in [0.1, 0.15) is 32.8 Å². The van der Waals surface area contributed by atoms with Crippen LogP contribution in [0.15, 0.2) is 30.5 Å². The van der Waals surface area contributed by atoms with E-state index in [4.69, 9.17) is 5.73 Å². The number of fused-ring (bicyclic) bond motifs is 1. The summed E-state index contributed by atoms with van der Waals surface area (Å²) in [7, 11) is 0. The second-order valence-corrected chi connectivity index (χ2v) is 8.35. The monoisotopic (exact) mass is 475 g/mol. The Morgan fingerprint density at radius 1 is 1.03 bits per heavy atom. The fourth-order valence-corrected chi connectivity index (χ4v) is 3.44. The summed E-state index contributed by atoms with van der Waals surface area (Å²) >= 11 is 0. The van der Waals surface area contributed by atoms with E-state index in [0.717, 1.165) is 16.5 Å². The lowest BCUT2D eigenvalue weighted by molar-refractivity contribution is -0.143. The molecular weight excluding hydrogens is 442 g/mol. The number of aliphatic hydroxyl groups is 1. The number of H-pyrrole nitrogens is 1. The van der Waals surface area contributed by atoms with Crippen LogP contribution in [0.5, 0.6) is 0 Å². The van der Waals surface area contributed by atoms with Crippen molar-refractivity contribution in [3.8, 4) is 0 Å². The molecule has 186 valence electrons. The van der Waals surface area contributed by atoms with Crippen LogP contribution in [0.2, 0.25) is 0 Å². The number of aliphatic hydroxyl groups excluding tert-OH is 1. The molecule has 0 aliphatic rings. The third-order valence-electron chi connectivity index (χ3n) is 5.80. The molecule has 1 heterocycles. The van der Waals surface area contributed by atoms with Gasteiger partial charge in [0, 0.05) is 17.1 Å². The van der Waals surface area contributed by atoms with Crippen molar-refractivity contribution in [2.24, 2.45) is 11.7 Å². The molecule has 1 aromatic heterocycles. The van der Waals surface area contributed by atoms with Crippen molar-refractivity contribution in [3.05, 3.63) is 36.0 Å². The van der Waals surface area contributed by atoms with Gasteiger partial charge in [0.1, 0.15) is 18.1 Å². The van der Waals surface area contributed by atoms with Crippen molar-refractivity contribution in [2.75, 3.05) is 6.61 Å². The summed E-state index contributed by atoms with van der Waals surface area (Å²) in [6, 6.07) is 3.05. The highest BCUT2D eigenvalue weighted by atomic mass is 16.4. The van der Waals surface area contributed by atoms with Crippen molar-refractivity contribution in [2.45, 2.75) is 57.8 Å². The van der Waals surface area contributed by atoms with Crippen molar-refractivity contribution < 1.29 is 29.4 Å². The first-order valence-electron chi connectivity index (χ1n) is 11.1. The van der Waals surface area contributed by atoms with Crippen LogP contribution < -0.4 is 21.7 Å². The Morgan fingerprint density at radius 3 is 2.32 bits per heavy atom. The minimum atomic E-state index is -1.33. The maximum absolute atomic E-state index is 12.5. The van der Waals surface area contributed by atoms with E-state index in [1.54, 1.807) is 20.0 Å². The maximum atomic E-state index is 12.5. The molecule has 0 fully saturated rings. The average molecular weight is 476 g/mol. The summed E-state index contributed by atoms with van der Waals surface area (Å²) in [5.74, 6) is -3.62. The number of benzene rings is 1.